The lowest BCUT2D eigenvalue weighted by molar-refractivity contribution is -0.118. The Labute approximate surface area is 146 Å². The third-order valence-corrected chi connectivity index (χ3v) is 4.22. The van der Waals surface area contributed by atoms with Crippen molar-refractivity contribution < 1.29 is 19.1 Å². The lowest BCUT2D eigenvalue weighted by atomic mass is 10.1. The summed E-state index contributed by atoms with van der Waals surface area (Å²) in [6.45, 7) is 0.583. The maximum absolute atomic E-state index is 12.6. The molecule has 1 aliphatic rings. The Hall–Kier alpha value is -3.02. The van der Waals surface area contributed by atoms with E-state index in [1.165, 1.54) is 14.2 Å². The van der Waals surface area contributed by atoms with Gasteiger partial charge in [0.1, 0.15) is 6.04 Å². The van der Waals surface area contributed by atoms with E-state index in [0.29, 0.717) is 30.0 Å². The van der Waals surface area contributed by atoms with Crippen molar-refractivity contribution in [2.24, 2.45) is 0 Å². The van der Waals surface area contributed by atoms with E-state index < -0.39 is 6.04 Å². The number of amides is 2. The van der Waals surface area contributed by atoms with Crippen LogP contribution in [0.25, 0.3) is 0 Å². The Balaban J connectivity index is 1.71. The van der Waals surface area contributed by atoms with Gasteiger partial charge in [0, 0.05) is 17.8 Å². The van der Waals surface area contributed by atoms with E-state index in [0.717, 1.165) is 5.69 Å². The van der Waals surface area contributed by atoms with Crippen LogP contribution in [0, 0.1) is 0 Å². The summed E-state index contributed by atoms with van der Waals surface area (Å²) < 4.78 is 10.4. The molecule has 2 aromatic carbocycles. The van der Waals surface area contributed by atoms with Crippen molar-refractivity contribution in [3.63, 3.8) is 0 Å². The standard InChI is InChI=1S/C19H20N2O4/c1-24-16-9-8-13(12-17(16)25-2)18(22)20-15-10-11-21(19(15)23)14-6-4-3-5-7-14/h3-9,12,15H,10-11H2,1-2H3,(H,20,22). The summed E-state index contributed by atoms with van der Waals surface area (Å²) in [5.41, 5.74) is 1.26. The minimum absolute atomic E-state index is 0.0972. The number of para-hydroxylation sites is 1. The summed E-state index contributed by atoms with van der Waals surface area (Å²) in [5.74, 6) is 0.610. The summed E-state index contributed by atoms with van der Waals surface area (Å²) in [6.07, 6.45) is 0.576. The first-order chi connectivity index (χ1) is 12.1. The van der Waals surface area contributed by atoms with Gasteiger partial charge in [-0.1, -0.05) is 18.2 Å². The minimum Gasteiger partial charge on any atom is -0.493 e. The van der Waals surface area contributed by atoms with Gasteiger partial charge in [-0.25, -0.2) is 0 Å². The molecule has 1 fully saturated rings. The van der Waals surface area contributed by atoms with Crippen LogP contribution in [0.1, 0.15) is 16.8 Å². The minimum atomic E-state index is -0.527. The Bertz CT molecular complexity index is 776. The van der Waals surface area contributed by atoms with Gasteiger partial charge in [0.2, 0.25) is 5.91 Å². The van der Waals surface area contributed by atoms with Gasteiger partial charge in [0.15, 0.2) is 11.5 Å². The number of nitrogens with zero attached hydrogens (tertiary/aromatic N) is 1. The Kier molecular flexibility index (Phi) is 4.88. The molecule has 1 saturated heterocycles. The topological polar surface area (TPSA) is 67.9 Å². The average molecular weight is 340 g/mol. The molecule has 1 unspecified atom stereocenters. The fourth-order valence-corrected chi connectivity index (χ4v) is 2.90. The molecule has 0 aromatic heterocycles. The van der Waals surface area contributed by atoms with Gasteiger partial charge in [-0.05, 0) is 36.8 Å². The van der Waals surface area contributed by atoms with Gasteiger partial charge < -0.3 is 19.7 Å². The Morgan fingerprint density at radius 1 is 1.08 bits per heavy atom. The molecule has 1 N–H and O–H groups in total. The van der Waals surface area contributed by atoms with Crippen LogP contribution >= 0.6 is 0 Å². The maximum atomic E-state index is 12.6. The van der Waals surface area contributed by atoms with E-state index >= 15 is 0 Å². The van der Waals surface area contributed by atoms with Crippen LogP contribution in [0.2, 0.25) is 0 Å². The normalized spacial score (nSPS) is 16.6. The van der Waals surface area contributed by atoms with E-state index in [1.807, 2.05) is 30.3 Å². The summed E-state index contributed by atoms with van der Waals surface area (Å²) in [5, 5.41) is 2.81. The molecule has 130 valence electrons. The third kappa shape index (κ3) is 3.42. The van der Waals surface area contributed by atoms with Crippen LogP contribution in [0.15, 0.2) is 48.5 Å². The van der Waals surface area contributed by atoms with E-state index in [-0.39, 0.29) is 11.8 Å². The molecule has 1 aliphatic heterocycles. The largest absolute Gasteiger partial charge is 0.493 e. The summed E-state index contributed by atoms with van der Waals surface area (Å²) in [6, 6.07) is 13.8. The number of ether oxygens (including phenoxy) is 2. The number of methoxy groups -OCH3 is 2. The molecule has 1 atom stereocenters. The van der Waals surface area contributed by atoms with Gasteiger partial charge >= 0.3 is 0 Å². The fraction of sp³-hybridized carbons (Fsp3) is 0.263. The zero-order chi connectivity index (χ0) is 17.8. The van der Waals surface area contributed by atoms with Crippen molar-refractivity contribution >= 4 is 17.5 Å². The molecular weight excluding hydrogens is 320 g/mol. The van der Waals surface area contributed by atoms with Crippen LogP contribution < -0.4 is 19.7 Å². The Morgan fingerprint density at radius 3 is 2.48 bits per heavy atom. The SMILES string of the molecule is COc1ccc(C(=O)NC2CCN(c3ccccc3)C2=O)cc1OC. The van der Waals surface area contributed by atoms with E-state index in [1.54, 1.807) is 23.1 Å². The zero-order valence-electron chi connectivity index (χ0n) is 14.2. The number of nitrogens with one attached hydrogen (secondary N) is 1. The number of carbonyl (C=O) groups is 2. The van der Waals surface area contributed by atoms with Crippen LogP contribution in [-0.2, 0) is 4.79 Å². The van der Waals surface area contributed by atoms with Gasteiger partial charge in [-0.3, -0.25) is 9.59 Å². The number of benzene rings is 2. The number of hydrogen-bond acceptors (Lipinski definition) is 4. The number of carbonyl (C=O) groups excluding carboxylic acids is 2. The second-order valence-corrected chi connectivity index (χ2v) is 5.71. The zero-order valence-corrected chi connectivity index (χ0v) is 14.2. The van der Waals surface area contributed by atoms with E-state index in [9.17, 15) is 9.59 Å². The van der Waals surface area contributed by atoms with E-state index in [2.05, 4.69) is 5.32 Å². The lowest BCUT2D eigenvalue weighted by Crippen LogP contribution is -2.41. The van der Waals surface area contributed by atoms with Crippen LogP contribution in [-0.4, -0.2) is 38.6 Å². The van der Waals surface area contributed by atoms with Crippen molar-refractivity contribution in [2.45, 2.75) is 12.5 Å². The Morgan fingerprint density at radius 2 is 1.80 bits per heavy atom. The quantitative estimate of drug-likeness (QED) is 0.906. The second-order valence-electron chi connectivity index (χ2n) is 5.71. The molecule has 3 rings (SSSR count). The third-order valence-electron chi connectivity index (χ3n) is 4.22. The van der Waals surface area contributed by atoms with Crippen molar-refractivity contribution in [1.82, 2.24) is 5.32 Å². The van der Waals surface area contributed by atoms with Crippen LogP contribution in [0.4, 0.5) is 5.69 Å². The molecule has 25 heavy (non-hydrogen) atoms. The molecule has 2 amide bonds. The summed E-state index contributed by atoms with van der Waals surface area (Å²) in [7, 11) is 3.05. The first-order valence-electron chi connectivity index (χ1n) is 8.03. The predicted octanol–water partition coefficient (Wildman–Crippen LogP) is 2.24. The van der Waals surface area contributed by atoms with Crippen LogP contribution in [0.5, 0.6) is 11.5 Å². The van der Waals surface area contributed by atoms with Gasteiger partial charge in [0.25, 0.3) is 5.91 Å². The van der Waals surface area contributed by atoms with E-state index in [4.69, 9.17) is 9.47 Å². The molecule has 1 heterocycles. The van der Waals surface area contributed by atoms with Crippen molar-refractivity contribution in [2.75, 3.05) is 25.7 Å². The highest BCUT2D eigenvalue weighted by molar-refractivity contribution is 6.04. The van der Waals surface area contributed by atoms with Gasteiger partial charge in [-0.15, -0.1) is 0 Å². The van der Waals surface area contributed by atoms with Crippen molar-refractivity contribution in [3.05, 3.63) is 54.1 Å². The summed E-state index contributed by atoms with van der Waals surface area (Å²) >= 11 is 0. The van der Waals surface area contributed by atoms with Crippen molar-refractivity contribution in [1.29, 1.82) is 0 Å². The number of rotatable bonds is 5. The highest BCUT2D eigenvalue weighted by atomic mass is 16.5. The van der Waals surface area contributed by atoms with Crippen molar-refractivity contribution in [3.8, 4) is 11.5 Å². The molecule has 0 spiro atoms. The molecule has 0 radical (unpaired) electrons. The second kappa shape index (κ2) is 7.25. The summed E-state index contributed by atoms with van der Waals surface area (Å²) in [4.78, 5) is 26.7. The molecule has 0 aliphatic carbocycles. The average Bonchev–Trinajstić information content (AvgIpc) is 3.02. The van der Waals surface area contributed by atoms with Gasteiger partial charge in [0.05, 0.1) is 14.2 Å². The molecule has 0 bridgehead atoms. The lowest BCUT2D eigenvalue weighted by Gasteiger charge is -2.17. The number of hydrogen-bond donors (Lipinski definition) is 1. The first-order valence-corrected chi connectivity index (χ1v) is 8.03. The van der Waals surface area contributed by atoms with Gasteiger partial charge in [-0.2, -0.15) is 0 Å². The monoisotopic (exact) mass is 340 g/mol. The first kappa shape index (κ1) is 16.8. The highest BCUT2D eigenvalue weighted by Crippen LogP contribution is 2.28. The molecule has 2 aromatic rings. The molecule has 6 nitrogen and oxygen atoms in total. The smallest absolute Gasteiger partial charge is 0.252 e. The molecule has 0 saturated carbocycles. The molecular formula is C19H20N2O4. The highest BCUT2D eigenvalue weighted by Gasteiger charge is 2.33. The predicted molar refractivity (Wildman–Crippen MR) is 94.2 cm³/mol. The molecule has 6 heteroatoms. The maximum Gasteiger partial charge on any atom is 0.252 e. The fourth-order valence-electron chi connectivity index (χ4n) is 2.90. The number of anilines is 1. The van der Waals surface area contributed by atoms with Crippen LogP contribution in [0.3, 0.4) is 0 Å².